The van der Waals surface area contributed by atoms with Crippen molar-refractivity contribution < 1.29 is 14.3 Å². The molecule has 2 aromatic heterocycles. The maximum Gasteiger partial charge on any atom is 0.417 e. The van der Waals surface area contributed by atoms with Crippen molar-refractivity contribution >= 4 is 17.4 Å². The standard InChI is InChI=1S/C14H15N3O4S/c1-17(7-9-3-2-6-22-9)14(19)21-13-15-11-4-5-20-8-10(11)12(18)16-13/h2-3,6H,4-5,7-8H2,1H3,(H,15,16,18). The van der Waals surface area contributed by atoms with Crippen LogP contribution in [-0.2, 0) is 24.3 Å². The number of amides is 1. The van der Waals surface area contributed by atoms with Gasteiger partial charge >= 0.3 is 12.1 Å². The summed E-state index contributed by atoms with van der Waals surface area (Å²) in [5.41, 5.74) is 0.796. The Hall–Kier alpha value is -2.19. The van der Waals surface area contributed by atoms with Crippen LogP contribution < -0.4 is 10.3 Å². The van der Waals surface area contributed by atoms with E-state index in [9.17, 15) is 9.59 Å². The molecule has 0 atom stereocenters. The molecular weight excluding hydrogens is 306 g/mol. The number of thiophene rings is 1. The SMILES string of the molecule is CN(Cc1cccs1)C(=O)Oc1nc2c(c(=O)[nH]1)COCC2. The summed E-state index contributed by atoms with van der Waals surface area (Å²) in [5, 5.41) is 1.94. The molecule has 0 saturated heterocycles. The lowest BCUT2D eigenvalue weighted by atomic mass is 10.1. The predicted octanol–water partition coefficient (Wildman–Crippen LogP) is 1.53. The summed E-state index contributed by atoms with van der Waals surface area (Å²) in [6, 6.07) is 3.78. The van der Waals surface area contributed by atoms with E-state index in [-0.39, 0.29) is 18.2 Å². The molecule has 0 spiro atoms. The predicted molar refractivity (Wildman–Crippen MR) is 80.0 cm³/mol. The number of carbonyl (C=O) groups excluding carboxylic acids is 1. The number of carbonyl (C=O) groups is 1. The Balaban J connectivity index is 1.71. The molecule has 1 amide bonds. The first-order chi connectivity index (χ1) is 10.6. The lowest BCUT2D eigenvalue weighted by Crippen LogP contribution is -2.31. The number of aromatic amines is 1. The smallest absolute Gasteiger partial charge is 0.376 e. The number of hydrogen-bond donors (Lipinski definition) is 1. The van der Waals surface area contributed by atoms with E-state index in [4.69, 9.17) is 9.47 Å². The Kier molecular flexibility index (Phi) is 4.21. The maximum absolute atomic E-state index is 12.0. The number of nitrogens with zero attached hydrogens (tertiary/aromatic N) is 2. The van der Waals surface area contributed by atoms with Gasteiger partial charge < -0.3 is 14.4 Å². The van der Waals surface area contributed by atoms with E-state index in [1.165, 1.54) is 4.90 Å². The lowest BCUT2D eigenvalue weighted by Gasteiger charge is -2.17. The summed E-state index contributed by atoms with van der Waals surface area (Å²) in [4.78, 5) is 33.1. The third-order valence-corrected chi connectivity index (χ3v) is 4.14. The second kappa shape index (κ2) is 6.29. The molecule has 3 rings (SSSR count). The number of aromatic nitrogens is 2. The number of nitrogens with one attached hydrogen (secondary N) is 1. The molecule has 22 heavy (non-hydrogen) atoms. The van der Waals surface area contributed by atoms with Crippen molar-refractivity contribution in [1.82, 2.24) is 14.9 Å². The van der Waals surface area contributed by atoms with E-state index >= 15 is 0 Å². The minimum Gasteiger partial charge on any atom is -0.376 e. The number of ether oxygens (including phenoxy) is 2. The molecule has 0 bridgehead atoms. The van der Waals surface area contributed by atoms with Gasteiger partial charge in [-0.15, -0.1) is 11.3 Å². The van der Waals surface area contributed by atoms with Gasteiger partial charge in [0.15, 0.2) is 0 Å². The fraction of sp³-hybridized carbons (Fsp3) is 0.357. The van der Waals surface area contributed by atoms with Gasteiger partial charge in [0, 0.05) is 18.3 Å². The summed E-state index contributed by atoms with van der Waals surface area (Å²) in [6.07, 6.45) is -0.0296. The zero-order valence-corrected chi connectivity index (χ0v) is 12.8. The van der Waals surface area contributed by atoms with Crippen LogP contribution in [0.4, 0.5) is 4.79 Å². The zero-order valence-electron chi connectivity index (χ0n) is 12.0. The van der Waals surface area contributed by atoms with E-state index in [1.54, 1.807) is 18.4 Å². The Morgan fingerprint density at radius 1 is 1.59 bits per heavy atom. The molecule has 3 heterocycles. The van der Waals surface area contributed by atoms with Gasteiger partial charge in [-0.3, -0.25) is 9.78 Å². The molecule has 0 saturated carbocycles. The number of rotatable bonds is 3. The lowest BCUT2D eigenvalue weighted by molar-refractivity contribution is 0.107. The summed E-state index contributed by atoms with van der Waals surface area (Å²) >= 11 is 1.56. The molecule has 0 unspecified atom stereocenters. The molecule has 0 aromatic carbocycles. The van der Waals surface area contributed by atoms with Gasteiger partial charge in [0.25, 0.3) is 5.56 Å². The molecule has 0 radical (unpaired) electrons. The van der Waals surface area contributed by atoms with Crippen molar-refractivity contribution in [3.05, 3.63) is 44.0 Å². The van der Waals surface area contributed by atoms with Crippen LogP contribution >= 0.6 is 11.3 Å². The summed E-state index contributed by atoms with van der Waals surface area (Å²) in [5.74, 6) is 0. The van der Waals surface area contributed by atoms with Crippen molar-refractivity contribution in [3.8, 4) is 6.01 Å². The van der Waals surface area contributed by atoms with E-state index in [0.717, 1.165) is 4.88 Å². The molecule has 1 N–H and O–H groups in total. The largest absolute Gasteiger partial charge is 0.417 e. The first-order valence-corrected chi connectivity index (χ1v) is 7.66. The van der Waals surface area contributed by atoms with Crippen molar-refractivity contribution in [2.75, 3.05) is 13.7 Å². The van der Waals surface area contributed by atoms with Crippen LogP contribution in [0.15, 0.2) is 22.3 Å². The molecule has 1 aliphatic heterocycles. The highest BCUT2D eigenvalue weighted by molar-refractivity contribution is 7.09. The topological polar surface area (TPSA) is 84.5 Å². The Labute approximate surface area is 130 Å². The quantitative estimate of drug-likeness (QED) is 0.927. The second-order valence-electron chi connectivity index (χ2n) is 4.90. The molecular formula is C14H15N3O4S. The Morgan fingerprint density at radius 3 is 3.23 bits per heavy atom. The number of hydrogen-bond acceptors (Lipinski definition) is 6. The van der Waals surface area contributed by atoms with Crippen LogP contribution in [0.1, 0.15) is 16.1 Å². The average molecular weight is 321 g/mol. The third-order valence-electron chi connectivity index (χ3n) is 3.28. The fourth-order valence-electron chi connectivity index (χ4n) is 2.13. The van der Waals surface area contributed by atoms with Crippen molar-refractivity contribution in [2.45, 2.75) is 19.6 Å². The minimum absolute atomic E-state index is 0.0753. The number of H-pyrrole nitrogens is 1. The Morgan fingerprint density at radius 2 is 2.45 bits per heavy atom. The normalized spacial score (nSPS) is 13.5. The summed E-state index contributed by atoms with van der Waals surface area (Å²) in [6.45, 7) is 1.19. The van der Waals surface area contributed by atoms with Crippen LogP contribution in [0.25, 0.3) is 0 Å². The van der Waals surface area contributed by atoms with Gasteiger partial charge in [0.1, 0.15) is 0 Å². The molecule has 7 nitrogen and oxygen atoms in total. The van der Waals surface area contributed by atoms with E-state index in [1.807, 2.05) is 17.5 Å². The number of fused-ring (bicyclic) bond motifs is 1. The molecule has 116 valence electrons. The molecule has 8 heteroatoms. The Bertz CT molecular complexity index is 726. The highest BCUT2D eigenvalue weighted by Crippen LogP contribution is 2.14. The van der Waals surface area contributed by atoms with Gasteiger partial charge in [-0.05, 0) is 11.4 Å². The highest BCUT2D eigenvalue weighted by Gasteiger charge is 2.19. The van der Waals surface area contributed by atoms with Crippen molar-refractivity contribution in [2.24, 2.45) is 0 Å². The maximum atomic E-state index is 12.0. The molecule has 0 aliphatic carbocycles. The average Bonchev–Trinajstić information content (AvgIpc) is 3.00. The van der Waals surface area contributed by atoms with E-state index in [0.29, 0.717) is 30.8 Å². The molecule has 2 aromatic rings. The van der Waals surface area contributed by atoms with Crippen LogP contribution in [0.3, 0.4) is 0 Å². The van der Waals surface area contributed by atoms with E-state index in [2.05, 4.69) is 9.97 Å². The van der Waals surface area contributed by atoms with Crippen LogP contribution in [0.5, 0.6) is 6.01 Å². The molecule has 0 fully saturated rings. The second-order valence-corrected chi connectivity index (χ2v) is 5.93. The van der Waals surface area contributed by atoms with Crippen LogP contribution in [0.2, 0.25) is 0 Å². The van der Waals surface area contributed by atoms with Crippen LogP contribution in [0, 0.1) is 0 Å². The first-order valence-electron chi connectivity index (χ1n) is 6.78. The summed E-state index contributed by atoms with van der Waals surface area (Å²) in [7, 11) is 1.63. The van der Waals surface area contributed by atoms with Crippen LogP contribution in [-0.4, -0.2) is 34.6 Å². The van der Waals surface area contributed by atoms with Gasteiger partial charge in [-0.1, -0.05) is 6.07 Å². The third kappa shape index (κ3) is 3.18. The van der Waals surface area contributed by atoms with Gasteiger partial charge in [0.05, 0.1) is 31.0 Å². The fourth-order valence-corrected chi connectivity index (χ4v) is 2.89. The highest BCUT2D eigenvalue weighted by atomic mass is 32.1. The van der Waals surface area contributed by atoms with Gasteiger partial charge in [-0.2, -0.15) is 0 Å². The van der Waals surface area contributed by atoms with Crippen molar-refractivity contribution in [1.29, 1.82) is 0 Å². The zero-order chi connectivity index (χ0) is 15.5. The monoisotopic (exact) mass is 321 g/mol. The minimum atomic E-state index is -0.566. The van der Waals surface area contributed by atoms with Crippen molar-refractivity contribution in [3.63, 3.8) is 0 Å². The molecule has 1 aliphatic rings. The van der Waals surface area contributed by atoms with Gasteiger partial charge in [-0.25, -0.2) is 9.78 Å². The van der Waals surface area contributed by atoms with E-state index < -0.39 is 6.09 Å². The van der Waals surface area contributed by atoms with Gasteiger partial charge in [0.2, 0.25) is 0 Å². The first kappa shape index (κ1) is 14.7. The summed E-state index contributed by atoms with van der Waals surface area (Å²) < 4.78 is 10.4.